The fraction of sp³-hybridized carbons (Fsp3) is 0.667. The van der Waals surface area contributed by atoms with Gasteiger partial charge in [-0.3, -0.25) is 14.6 Å². The fourth-order valence-corrected chi connectivity index (χ4v) is 3.95. The Hall–Kier alpha value is -2.11. The van der Waals surface area contributed by atoms with E-state index in [0.29, 0.717) is 29.5 Å². The number of nitrogens with zero attached hydrogens (tertiary/aromatic N) is 2. The van der Waals surface area contributed by atoms with Crippen LogP contribution in [0.3, 0.4) is 0 Å². The van der Waals surface area contributed by atoms with E-state index in [1.165, 1.54) is 37.0 Å². The fourth-order valence-electron chi connectivity index (χ4n) is 3.95. The van der Waals surface area contributed by atoms with E-state index < -0.39 is 6.17 Å². The standard InChI is InChI=1S/C21H31N3O3/c1-21(2,3)18-17-15(12-13-27-17)24(4)20(26)19(23-18)22-16(25)11-10-14-8-6-5-7-9-14/h12-14,19H,5-11H2,1-4H3,(H,22,25). The molecule has 1 unspecified atom stereocenters. The van der Waals surface area contributed by atoms with Gasteiger partial charge in [0.25, 0.3) is 5.91 Å². The normalized spacial score (nSPS) is 21.5. The Bertz CT molecular complexity index is 723. The zero-order chi connectivity index (χ0) is 19.6. The van der Waals surface area contributed by atoms with Gasteiger partial charge in [0, 0.05) is 24.9 Å². The summed E-state index contributed by atoms with van der Waals surface area (Å²) in [5.74, 6) is 0.873. The Morgan fingerprint density at radius 2 is 2.00 bits per heavy atom. The van der Waals surface area contributed by atoms with Gasteiger partial charge in [0.2, 0.25) is 12.1 Å². The molecule has 1 aliphatic carbocycles. The average Bonchev–Trinajstić information content (AvgIpc) is 3.07. The third kappa shape index (κ3) is 4.42. The summed E-state index contributed by atoms with van der Waals surface area (Å²) < 4.78 is 5.64. The maximum Gasteiger partial charge on any atom is 0.272 e. The van der Waals surface area contributed by atoms with Crippen LogP contribution in [-0.4, -0.2) is 30.7 Å². The molecule has 1 atom stereocenters. The van der Waals surface area contributed by atoms with Gasteiger partial charge in [-0.25, -0.2) is 0 Å². The first-order valence-electron chi connectivity index (χ1n) is 10.0. The number of carbonyl (C=O) groups is 2. The molecule has 0 saturated heterocycles. The van der Waals surface area contributed by atoms with Gasteiger partial charge in [-0.2, -0.15) is 0 Å². The van der Waals surface area contributed by atoms with Crippen LogP contribution in [0, 0.1) is 11.3 Å². The van der Waals surface area contributed by atoms with Crippen LogP contribution in [0.1, 0.15) is 71.5 Å². The molecular formula is C21H31N3O3. The number of rotatable bonds is 4. The van der Waals surface area contributed by atoms with Crippen molar-refractivity contribution in [1.82, 2.24) is 5.32 Å². The van der Waals surface area contributed by atoms with Crippen LogP contribution >= 0.6 is 0 Å². The van der Waals surface area contributed by atoms with Crippen molar-refractivity contribution in [1.29, 1.82) is 0 Å². The molecule has 0 aromatic carbocycles. The molecule has 0 bridgehead atoms. The van der Waals surface area contributed by atoms with E-state index in [2.05, 4.69) is 10.3 Å². The van der Waals surface area contributed by atoms with E-state index in [4.69, 9.17) is 4.42 Å². The summed E-state index contributed by atoms with van der Waals surface area (Å²) in [5, 5.41) is 2.85. The quantitative estimate of drug-likeness (QED) is 0.870. The minimum atomic E-state index is -0.911. The number of furan rings is 1. The lowest BCUT2D eigenvalue weighted by atomic mass is 9.86. The maximum absolute atomic E-state index is 12.9. The summed E-state index contributed by atoms with van der Waals surface area (Å²) in [4.78, 5) is 31.5. The van der Waals surface area contributed by atoms with E-state index in [0.717, 1.165) is 6.42 Å². The molecule has 6 nitrogen and oxygen atoms in total. The highest BCUT2D eigenvalue weighted by molar-refractivity contribution is 6.13. The van der Waals surface area contributed by atoms with Gasteiger partial charge in [0.05, 0.1) is 17.7 Å². The zero-order valence-corrected chi connectivity index (χ0v) is 16.9. The molecule has 2 aliphatic rings. The van der Waals surface area contributed by atoms with Crippen molar-refractivity contribution in [3.8, 4) is 0 Å². The maximum atomic E-state index is 12.9. The lowest BCUT2D eigenvalue weighted by Gasteiger charge is -2.22. The lowest BCUT2D eigenvalue weighted by molar-refractivity contribution is -0.127. The molecule has 1 fully saturated rings. The van der Waals surface area contributed by atoms with E-state index >= 15 is 0 Å². The van der Waals surface area contributed by atoms with Crippen molar-refractivity contribution >= 4 is 23.2 Å². The third-order valence-electron chi connectivity index (χ3n) is 5.56. The number of aliphatic imine (C=N–C) groups is 1. The number of fused-ring (bicyclic) bond motifs is 1. The van der Waals surface area contributed by atoms with Crippen LogP contribution in [0.15, 0.2) is 21.7 Å². The predicted molar refractivity (Wildman–Crippen MR) is 106 cm³/mol. The summed E-state index contributed by atoms with van der Waals surface area (Å²) in [5.41, 5.74) is 1.06. The van der Waals surface area contributed by atoms with Gasteiger partial charge in [-0.15, -0.1) is 0 Å². The van der Waals surface area contributed by atoms with E-state index in [9.17, 15) is 9.59 Å². The van der Waals surface area contributed by atoms with E-state index in [-0.39, 0.29) is 17.2 Å². The summed E-state index contributed by atoms with van der Waals surface area (Å²) in [6.45, 7) is 6.07. The first kappa shape index (κ1) is 19.6. The number of amides is 2. The molecule has 148 valence electrons. The van der Waals surface area contributed by atoms with Gasteiger partial charge in [-0.1, -0.05) is 52.9 Å². The lowest BCUT2D eigenvalue weighted by Crippen LogP contribution is -2.46. The molecule has 0 spiro atoms. The zero-order valence-electron chi connectivity index (χ0n) is 16.9. The van der Waals surface area contributed by atoms with E-state index in [1.807, 2.05) is 20.8 Å². The Morgan fingerprint density at radius 3 is 2.67 bits per heavy atom. The van der Waals surface area contributed by atoms with Crippen LogP contribution in [-0.2, 0) is 9.59 Å². The van der Waals surface area contributed by atoms with Crippen LogP contribution in [0.4, 0.5) is 5.69 Å². The van der Waals surface area contributed by atoms with Crippen LogP contribution in [0.5, 0.6) is 0 Å². The smallest absolute Gasteiger partial charge is 0.272 e. The van der Waals surface area contributed by atoms with Crippen LogP contribution in [0.2, 0.25) is 0 Å². The molecule has 2 heterocycles. The number of hydrogen-bond acceptors (Lipinski definition) is 4. The summed E-state index contributed by atoms with van der Waals surface area (Å²) >= 11 is 0. The summed E-state index contributed by atoms with van der Waals surface area (Å²) in [6.07, 6.45) is 8.26. The first-order chi connectivity index (χ1) is 12.8. The van der Waals surface area contributed by atoms with Gasteiger partial charge >= 0.3 is 0 Å². The second-order valence-electron chi connectivity index (χ2n) is 8.77. The highest BCUT2D eigenvalue weighted by atomic mass is 16.3. The highest BCUT2D eigenvalue weighted by Gasteiger charge is 2.36. The number of likely N-dealkylation sites (N-methyl/N-ethyl adjacent to an activating group) is 1. The summed E-state index contributed by atoms with van der Waals surface area (Å²) in [6, 6.07) is 1.77. The van der Waals surface area contributed by atoms with Gasteiger partial charge < -0.3 is 14.6 Å². The number of hydrogen-bond donors (Lipinski definition) is 1. The van der Waals surface area contributed by atoms with Crippen LogP contribution in [0.25, 0.3) is 0 Å². The van der Waals surface area contributed by atoms with Crippen molar-refractivity contribution < 1.29 is 14.0 Å². The molecular weight excluding hydrogens is 342 g/mol. The summed E-state index contributed by atoms with van der Waals surface area (Å²) in [7, 11) is 1.69. The van der Waals surface area contributed by atoms with E-state index in [1.54, 1.807) is 19.4 Å². The van der Waals surface area contributed by atoms with Crippen molar-refractivity contribution in [2.75, 3.05) is 11.9 Å². The number of nitrogens with one attached hydrogen (secondary N) is 1. The third-order valence-corrected chi connectivity index (χ3v) is 5.56. The topological polar surface area (TPSA) is 74.9 Å². The molecule has 0 radical (unpaired) electrons. The molecule has 1 aromatic rings. The first-order valence-corrected chi connectivity index (χ1v) is 10.0. The Morgan fingerprint density at radius 1 is 1.30 bits per heavy atom. The van der Waals surface area contributed by atoms with Crippen molar-refractivity contribution in [2.45, 2.75) is 71.9 Å². The predicted octanol–water partition coefficient (Wildman–Crippen LogP) is 3.89. The molecule has 2 amide bonds. The molecule has 27 heavy (non-hydrogen) atoms. The Kier molecular flexibility index (Phi) is 5.72. The minimum absolute atomic E-state index is 0.108. The number of anilines is 1. The van der Waals surface area contributed by atoms with Crippen molar-refractivity contribution in [3.05, 3.63) is 18.1 Å². The Labute approximate surface area is 161 Å². The average molecular weight is 373 g/mol. The van der Waals surface area contributed by atoms with Crippen LogP contribution < -0.4 is 10.2 Å². The minimum Gasteiger partial charge on any atom is -0.461 e. The van der Waals surface area contributed by atoms with Gasteiger partial charge in [0.15, 0.2) is 5.76 Å². The highest BCUT2D eigenvalue weighted by Crippen LogP contribution is 2.33. The van der Waals surface area contributed by atoms with Gasteiger partial charge in [-0.05, 0) is 12.3 Å². The molecule has 1 aromatic heterocycles. The van der Waals surface area contributed by atoms with Gasteiger partial charge in [0.1, 0.15) is 0 Å². The van der Waals surface area contributed by atoms with Crippen molar-refractivity contribution in [2.24, 2.45) is 16.3 Å². The molecule has 1 saturated carbocycles. The monoisotopic (exact) mass is 373 g/mol. The number of carbonyl (C=O) groups excluding carboxylic acids is 2. The second kappa shape index (κ2) is 7.87. The second-order valence-corrected chi connectivity index (χ2v) is 8.77. The molecule has 1 N–H and O–H groups in total. The molecule has 3 rings (SSSR count). The SMILES string of the molecule is CN1C(=O)C(NC(=O)CCC2CCCCC2)N=C(C(C)(C)C)c2occc21. The Balaban J connectivity index is 1.74. The van der Waals surface area contributed by atoms with Crippen molar-refractivity contribution in [3.63, 3.8) is 0 Å². The molecule has 6 heteroatoms. The molecule has 1 aliphatic heterocycles. The largest absolute Gasteiger partial charge is 0.461 e.